The summed E-state index contributed by atoms with van der Waals surface area (Å²) in [5.41, 5.74) is 8.75. The van der Waals surface area contributed by atoms with Crippen molar-refractivity contribution < 1.29 is 4.79 Å². The molecule has 2 heterocycles. The lowest BCUT2D eigenvalue weighted by Gasteiger charge is -2.37. The van der Waals surface area contributed by atoms with Gasteiger partial charge in [-0.15, -0.1) is 12.4 Å². The standard InChI is InChI=1S/C18H25N3O.ClH/c1-18(2)7-9-21(10-8-18)17(22)15(19)11-13-12-20-16-6-4-3-5-14(13)16;/h3-6,12,15,20H,7-11,19H2,1-2H3;1H/t15-;/m0./s1. The van der Waals surface area contributed by atoms with E-state index in [1.807, 2.05) is 29.3 Å². The summed E-state index contributed by atoms with van der Waals surface area (Å²) < 4.78 is 0. The molecule has 0 aliphatic carbocycles. The summed E-state index contributed by atoms with van der Waals surface area (Å²) in [4.78, 5) is 17.7. The van der Waals surface area contributed by atoms with Crippen molar-refractivity contribution in [3.63, 3.8) is 0 Å². The number of benzene rings is 1. The van der Waals surface area contributed by atoms with E-state index in [0.717, 1.165) is 42.4 Å². The van der Waals surface area contributed by atoms with Crippen molar-refractivity contribution in [1.29, 1.82) is 0 Å². The van der Waals surface area contributed by atoms with E-state index in [1.54, 1.807) is 0 Å². The zero-order valence-electron chi connectivity index (χ0n) is 13.8. The number of para-hydroxylation sites is 1. The number of halogens is 1. The lowest BCUT2D eigenvalue weighted by Crippen LogP contribution is -2.49. The Morgan fingerprint density at radius 2 is 1.96 bits per heavy atom. The van der Waals surface area contributed by atoms with Crippen LogP contribution in [0.25, 0.3) is 10.9 Å². The second-order valence-electron chi connectivity index (χ2n) is 7.16. The summed E-state index contributed by atoms with van der Waals surface area (Å²) >= 11 is 0. The Balaban J connectivity index is 0.00000192. The molecule has 0 saturated carbocycles. The molecule has 1 amide bonds. The van der Waals surface area contributed by atoms with E-state index < -0.39 is 6.04 Å². The van der Waals surface area contributed by atoms with Crippen molar-refractivity contribution in [3.8, 4) is 0 Å². The maximum absolute atomic E-state index is 12.6. The molecule has 1 fully saturated rings. The average Bonchev–Trinajstić information content (AvgIpc) is 2.90. The zero-order chi connectivity index (χ0) is 15.7. The Hall–Kier alpha value is -1.52. The lowest BCUT2D eigenvalue weighted by atomic mass is 9.82. The van der Waals surface area contributed by atoms with Gasteiger partial charge in [-0.3, -0.25) is 4.79 Å². The van der Waals surface area contributed by atoms with Gasteiger partial charge >= 0.3 is 0 Å². The minimum absolute atomic E-state index is 0. The van der Waals surface area contributed by atoms with E-state index in [9.17, 15) is 4.79 Å². The quantitative estimate of drug-likeness (QED) is 0.905. The molecule has 0 unspecified atom stereocenters. The molecule has 1 atom stereocenters. The summed E-state index contributed by atoms with van der Waals surface area (Å²) in [6.07, 6.45) is 4.66. The van der Waals surface area contributed by atoms with Crippen LogP contribution in [0.5, 0.6) is 0 Å². The van der Waals surface area contributed by atoms with Gasteiger partial charge < -0.3 is 15.6 Å². The van der Waals surface area contributed by atoms with Crippen LogP contribution in [0.15, 0.2) is 30.5 Å². The van der Waals surface area contributed by atoms with Crippen LogP contribution in [0.4, 0.5) is 0 Å². The number of nitrogens with one attached hydrogen (secondary N) is 1. The number of aromatic nitrogens is 1. The van der Waals surface area contributed by atoms with Gasteiger partial charge in [0.2, 0.25) is 5.91 Å². The Bertz CT molecular complexity index is 670. The van der Waals surface area contributed by atoms with Crippen LogP contribution in [0.2, 0.25) is 0 Å². The minimum atomic E-state index is -0.458. The number of hydrogen-bond acceptors (Lipinski definition) is 2. The average molecular weight is 336 g/mol. The molecule has 0 radical (unpaired) electrons. The predicted molar refractivity (Wildman–Crippen MR) is 96.8 cm³/mol. The van der Waals surface area contributed by atoms with Crippen molar-refractivity contribution in [3.05, 3.63) is 36.0 Å². The number of aromatic amines is 1. The summed E-state index contributed by atoms with van der Waals surface area (Å²) in [7, 11) is 0. The molecule has 23 heavy (non-hydrogen) atoms. The third-order valence-electron chi connectivity index (χ3n) is 4.86. The number of hydrogen-bond donors (Lipinski definition) is 2. The normalized spacial score (nSPS) is 18.5. The first-order chi connectivity index (χ1) is 10.5. The molecule has 1 aromatic carbocycles. The Morgan fingerprint density at radius 3 is 2.65 bits per heavy atom. The summed E-state index contributed by atoms with van der Waals surface area (Å²) in [5, 5.41) is 1.16. The monoisotopic (exact) mass is 335 g/mol. The maximum atomic E-state index is 12.6. The number of amides is 1. The summed E-state index contributed by atoms with van der Waals surface area (Å²) in [6, 6.07) is 7.67. The topological polar surface area (TPSA) is 62.1 Å². The predicted octanol–water partition coefficient (Wildman–Crippen LogP) is 3.11. The van der Waals surface area contributed by atoms with E-state index in [0.29, 0.717) is 11.8 Å². The molecule has 0 bridgehead atoms. The van der Waals surface area contributed by atoms with Gasteiger partial charge in [0.1, 0.15) is 0 Å². The van der Waals surface area contributed by atoms with Crippen LogP contribution < -0.4 is 5.73 Å². The highest BCUT2D eigenvalue weighted by molar-refractivity contribution is 5.86. The number of carbonyl (C=O) groups is 1. The first-order valence-electron chi connectivity index (χ1n) is 8.06. The van der Waals surface area contributed by atoms with Gasteiger partial charge in [-0.2, -0.15) is 0 Å². The molecular formula is C18H26ClN3O. The molecule has 3 rings (SSSR count). The second-order valence-corrected chi connectivity index (χ2v) is 7.16. The maximum Gasteiger partial charge on any atom is 0.239 e. The smallest absolute Gasteiger partial charge is 0.239 e. The highest BCUT2D eigenvalue weighted by Gasteiger charge is 2.30. The highest BCUT2D eigenvalue weighted by atomic mass is 35.5. The van der Waals surface area contributed by atoms with E-state index in [1.165, 1.54) is 0 Å². The fourth-order valence-corrected chi connectivity index (χ4v) is 3.19. The van der Waals surface area contributed by atoms with Crippen molar-refractivity contribution in [2.45, 2.75) is 39.2 Å². The number of nitrogens with two attached hydrogens (primary N) is 1. The molecule has 126 valence electrons. The SMILES string of the molecule is CC1(C)CCN(C(=O)[C@@H](N)Cc2c[nH]c3ccccc23)CC1.Cl. The molecular weight excluding hydrogens is 310 g/mol. The molecule has 1 aliphatic heterocycles. The number of fused-ring (bicyclic) bond motifs is 1. The van der Waals surface area contributed by atoms with Crippen LogP contribution >= 0.6 is 12.4 Å². The molecule has 5 heteroatoms. The second kappa shape index (κ2) is 6.93. The van der Waals surface area contributed by atoms with Crippen LogP contribution in [0.3, 0.4) is 0 Å². The van der Waals surface area contributed by atoms with Crippen molar-refractivity contribution in [1.82, 2.24) is 9.88 Å². The Labute approximate surface area is 143 Å². The molecule has 1 aliphatic rings. The van der Waals surface area contributed by atoms with Crippen molar-refractivity contribution in [2.75, 3.05) is 13.1 Å². The Morgan fingerprint density at radius 1 is 1.30 bits per heavy atom. The molecule has 1 aromatic heterocycles. The zero-order valence-corrected chi connectivity index (χ0v) is 14.7. The van der Waals surface area contributed by atoms with E-state index in [2.05, 4.69) is 24.9 Å². The third-order valence-corrected chi connectivity index (χ3v) is 4.86. The van der Waals surface area contributed by atoms with Crippen molar-refractivity contribution >= 4 is 29.2 Å². The molecule has 3 N–H and O–H groups in total. The number of nitrogens with zero attached hydrogens (tertiary/aromatic N) is 1. The molecule has 0 spiro atoms. The van der Waals surface area contributed by atoms with Gasteiger partial charge in [0, 0.05) is 30.2 Å². The van der Waals surface area contributed by atoms with Crippen LogP contribution in [0.1, 0.15) is 32.3 Å². The van der Waals surface area contributed by atoms with E-state index in [-0.39, 0.29) is 18.3 Å². The van der Waals surface area contributed by atoms with Gasteiger partial charge in [-0.1, -0.05) is 32.0 Å². The van der Waals surface area contributed by atoms with Crippen LogP contribution in [-0.4, -0.2) is 34.9 Å². The van der Waals surface area contributed by atoms with Gasteiger partial charge in [-0.05, 0) is 36.3 Å². The minimum Gasteiger partial charge on any atom is -0.361 e. The highest BCUT2D eigenvalue weighted by Crippen LogP contribution is 2.30. The number of carbonyl (C=O) groups excluding carboxylic acids is 1. The third kappa shape index (κ3) is 3.88. The number of likely N-dealkylation sites (tertiary alicyclic amines) is 1. The van der Waals surface area contributed by atoms with Gasteiger partial charge in [-0.25, -0.2) is 0 Å². The van der Waals surface area contributed by atoms with Crippen molar-refractivity contribution in [2.24, 2.45) is 11.1 Å². The molecule has 2 aromatic rings. The largest absolute Gasteiger partial charge is 0.361 e. The number of H-pyrrole nitrogens is 1. The molecule has 1 saturated heterocycles. The van der Waals surface area contributed by atoms with E-state index >= 15 is 0 Å². The fraction of sp³-hybridized carbons (Fsp3) is 0.500. The number of rotatable bonds is 3. The van der Waals surface area contributed by atoms with E-state index in [4.69, 9.17) is 5.73 Å². The van der Waals surface area contributed by atoms with Crippen LogP contribution in [-0.2, 0) is 11.2 Å². The first-order valence-corrected chi connectivity index (χ1v) is 8.06. The summed E-state index contributed by atoms with van der Waals surface area (Å²) in [6.45, 7) is 6.18. The van der Waals surface area contributed by atoms with Crippen LogP contribution in [0, 0.1) is 5.41 Å². The fourth-order valence-electron chi connectivity index (χ4n) is 3.19. The molecule has 4 nitrogen and oxygen atoms in total. The van der Waals surface area contributed by atoms with Gasteiger partial charge in [0.05, 0.1) is 6.04 Å². The lowest BCUT2D eigenvalue weighted by molar-refractivity contribution is -0.134. The van der Waals surface area contributed by atoms with Gasteiger partial charge in [0.15, 0.2) is 0 Å². The number of piperidine rings is 1. The first kappa shape index (κ1) is 17.8. The van der Waals surface area contributed by atoms with Gasteiger partial charge in [0.25, 0.3) is 0 Å². The Kier molecular flexibility index (Phi) is 5.37. The summed E-state index contributed by atoms with van der Waals surface area (Å²) in [5.74, 6) is 0.0841.